The quantitative estimate of drug-likeness (QED) is 0.501. The second-order valence-corrected chi connectivity index (χ2v) is 8.31. The summed E-state index contributed by atoms with van der Waals surface area (Å²) in [6, 6.07) is 14.5. The van der Waals surface area contributed by atoms with Crippen LogP contribution < -0.4 is 4.90 Å². The molecule has 0 saturated carbocycles. The minimum Gasteiger partial charge on any atom is -0.343 e. The van der Waals surface area contributed by atoms with Crippen molar-refractivity contribution in [1.29, 1.82) is 0 Å². The molecule has 136 valence electrons. The Morgan fingerprint density at radius 3 is 3.00 bits per heavy atom. The predicted octanol–water partition coefficient (Wildman–Crippen LogP) is 5.46. The number of fused-ring (bicyclic) bond motifs is 2. The maximum Gasteiger partial charge on any atom is 0.186 e. The fourth-order valence-electron chi connectivity index (χ4n) is 3.64. The Morgan fingerprint density at radius 1 is 1.22 bits per heavy atom. The molecule has 1 aliphatic heterocycles. The predicted molar refractivity (Wildman–Crippen MR) is 113 cm³/mol. The number of hydrogen-bond acceptors (Lipinski definition) is 4. The van der Waals surface area contributed by atoms with Gasteiger partial charge in [-0.05, 0) is 36.2 Å². The summed E-state index contributed by atoms with van der Waals surface area (Å²) in [6.07, 6.45) is 1.99. The third-order valence-electron chi connectivity index (χ3n) is 5.15. The summed E-state index contributed by atoms with van der Waals surface area (Å²) in [6.45, 7) is 3.95. The maximum atomic E-state index is 6.18. The van der Waals surface area contributed by atoms with Crippen LogP contribution in [0.1, 0.15) is 23.7 Å². The number of aromatic amines is 1. The lowest BCUT2D eigenvalue weighted by Crippen LogP contribution is -2.30. The maximum absolute atomic E-state index is 6.18. The van der Waals surface area contributed by atoms with Crippen molar-refractivity contribution < 1.29 is 0 Å². The van der Waals surface area contributed by atoms with Gasteiger partial charge in [0.2, 0.25) is 0 Å². The molecule has 2 aromatic heterocycles. The Balaban J connectivity index is 1.50. The van der Waals surface area contributed by atoms with Crippen molar-refractivity contribution in [2.45, 2.75) is 26.3 Å². The Hall–Kier alpha value is -2.37. The molecule has 6 heteroatoms. The van der Waals surface area contributed by atoms with E-state index in [0.717, 1.165) is 52.9 Å². The van der Waals surface area contributed by atoms with Crippen LogP contribution >= 0.6 is 22.9 Å². The molecule has 4 nitrogen and oxygen atoms in total. The standard InChI is InChI=1S/C21H19ClN4S/c1-2-13-6-7-18-19(10-13)27-21(23-18)26-9-8-17-16(12-26)20(25-24-17)14-4-3-5-15(22)11-14/h3-7,10-11H,2,8-9,12H2,1H3,(H,24,25). The van der Waals surface area contributed by atoms with Crippen LogP contribution in [-0.2, 0) is 19.4 Å². The van der Waals surface area contributed by atoms with E-state index >= 15 is 0 Å². The molecule has 4 aromatic rings. The molecule has 0 saturated heterocycles. The van der Waals surface area contributed by atoms with Crippen LogP contribution in [0.3, 0.4) is 0 Å². The summed E-state index contributed by atoms with van der Waals surface area (Å²) < 4.78 is 1.26. The van der Waals surface area contributed by atoms with Gasteiger partial charge in [-0.25, -0.2) is 4.98 Å². The molecule has 0 amide bonds. The topological polar surface area (TPSA) is 44.8 Å². The lowest BCUT2D eigenvalue weighted by atomic mass is 10.0. The molecule has 5 rings (SSSR count). The molecule has 0 unspecified atom stereocenters. The lowest BCUT2D eigenvalue weighted by molar-refractivity contribution is 0.719. The van der Waals surface area contributed by atoms with Gasteiger partial charge in [-0.1, -0.05) is 48.1 Å². The number of aryl methyl sites for hydroxylation is 1. The molecule has 27 heavy (non-hydrogen) atoms. The van der Waals surface area contributed by atoms with Gasteiger partial charge < -0.3 is 4.90 Å². The van der Waals surface area contributed by atoms with Gasteiger partial charge in [0.1, 0.15) is 0 Å². The van der Waals surface area contributed by atoms with E-state index in [2.05, 4.69) is 46.3 Å². The van der Waals surface area contributed by atoms with E-state index < -0.39 is 0 Å². The second kappa shape index (κ2) is 6.66. The Labute approximate surface area is 166 Å². The van der Waals surface area contributed by atoms with Crippen molar-refractivity contribution in [3.63, 3.8) is 0 Å². The summed E-state index contributed by atoms with van der Waals surface area (Å²) in [5.41, 5.74) is 6.95. The van der Waals surface area contributed by atoms with Crippen molar-refractivity contribution in [3.05, 3.63) is 64.3 Å². The van der Waals surface area contributed by atoms with E-state index in [-0.39, 0.29) is 0 Å². The number of nitrogens with one attached hydrogen (secondary N) is 1. The molecule has 0 bridgehead atoms. The van der Waals surface area contributed by atoms with Gasteiger partial charge in [-0.15, -0.1) is 0 Å². The molecule has 3 heterocycles. The average Bonchev–Trinajstić information content (AvgIpc) is 3.30. The Morgan fingerprint density at radius 2 is 2.15 bits per heavy atom. The number of H-pyrrole nitrogens is 1. The Bertz CT molecular complexity index is 1130. The molecule has 2 aromatic carbocycles. The van der Waals surface area contributed by atoms with Crippen molar-refractivity contribution in [2.75, 3.05) is 11.4 Å². The highest BCUT2D eigenvalue weighted by Crippen LogP contribution is 2.35. The van der Waals surface area contributed by atoms with Crippen LogP contribution in [0.15, 0.2) is 42.5 Å². The molecule has 0 fully saturated rings. The highest BCUT2D eigenvalue weighted by molar-refractivity contribution is 7.22. The molecule has 0 atom stereocenters. The van der Waals surface area contributed by atoms with E-state index in [1.165, 1.54) is 21.5 Å². The van der Waals surface area contributed by atoms with Crippen molar-refractivity contribution in [1.82, 2.24) is 15.2 Å². The zero-order chi connectivity index (χ0) is 18.4. The van der Waals surface area contributed by atoms with Gasteiger partial charge in [0.25, 0.3) is 0 Å². The summed E-state index contributed by atoms with van der Waals surface area (Å²) in [5, 5.41) is 9.61. The zero-order valence-electron chi connectivity index (χ0n) is 15.0. The van der Waals surface area contributed by atoms with E-state index in [4.69, 9.17) is 16.6 Å². The number of rotatable bonds is 3. The summed E-state index contributed by atoms with van der Waals surface area (Å²) in [7, 11) is 0. The normalized spacial score (nSPS) is 13.9. The molecule has 1 aliphatic rings. The van der Waals surface area contributed by atoms with Crippen LogP contribution in [0.5, 0.6) is 0 Å². The highest BCUT2D eigenvalue weighted by Gasteiger charge is 2.24. The summed E-state index contributed by atoms with van der Waals surface area (Å²) in [4.78, 5) is 7.24. The van der Waals surface area contributed by atoms with Gasteiger partial charge in [0, 0.05) is 41.4 Å². The third kappa shape index (κ3) is 3.01. The monoisotopic (exact) mass is 394 g/mol. The SMILES string of the molecule is CCc1ccc2nc(N3CCc4[nH]nc(-c5cccc(Cl)c5)c4C3)sc2c1. The van der Waals surface area contributed by atoms with E-state index in [1.54, 1.807) is 11.3 Å². The third-order valence-corrected chi connectivity index (χ3v) is 6.47. The number of benzene rings is 2. The van der Waals surface area contributed by atoms with Gasteiger partial charge in [-0.3, -0.25) is 5.10 Å². The fourth-order valence-corrected chi connectivity index (χ4v) is 4.89. The molecule has 0 aliphatic carbocycles. The first-order chi connectivity index (χ1) is 13.2. The first-order valence-corrected chi connectivity index (χ1v) is 10.4. The zero-order valence-corrected chi connectivity index (χ0v) is 16.6. The van der Waals surface area contributed by atoms with Crippen LogP contribution in [0.25, 0.3) is 21.5 Å². The van der Waals surface area contributed by atoms with E-state index in [0.29, 0.717) is 0 Å². The highest BCUT2D eigenvalue weighted by atomic mass is 35.5. The molecule has 0 spiro atoms. The average molecular weight is 395 g/mol. The number of nitrogens with zero attached hydrogens (tertiary/aromatic N) is 3. The van der Waals surface area contributed by atoms with Crippen LogP contribution in [0.4, 0.5) is 5.13 Å². The van der Waals surface area contributed by atoms with Crippen LogP contribution in [0.2, 0.25) is 5.02 Å². The molecular formula is C21H19ClN4S. The number of halogens is 1. The van der Waals surface area contributed by atoms with Gasteiger partial charge in [0.05, 0.1) is 15.9 Å². The minimum absolute atomic E-state index is 0.731. The van der Waals surface area contributed by atoms with Crippen LogP contribution in [-0.4, -0.2) is 21.7 Å². The van der Waals surface area contributed by atoms with Crippen molar-refractivity contribution in [3.8, 4) is 11.3 Å². The molecular weight excluding hydrogens is 376 g/mol. The smallest absolute Gasteiger partial charge is 0.186 e. The van der Waals surface area contributed by atoms with Crippen molar-refractivity contribution >= 4 is 38.3 Å². The van der Waals surface area contributed by atoms with Gasteiger partial charge in [-0.2, -0.15) is 5.10 Å². The minimum atomic E-state index is 0.731. The van der Waals surface area contributed by atoms with E-state index in [9.17, 15) is 0 Å². The lowest BCUT2D eigenvalue weighted by Gasteiger charge is -2.26. The van der Waals surface area contributed by atoms with Gasteiger partial charge >= 0.3 is 0 Å². The number of thiazole rings is 1. The molecule has 1 N–H and O–H groups in total. The molecule has 0 radical (unpaired) electrons. The fraction of sp³-hybridized carbons (Fsp3) is 0.238. The number of anilines is 1. The van der Waals surface area contributed by atoms with Gasteiger partial charge in [0.15, 0.2) is 5.13 Å². The van der Waals surface area contributed by atoms with Crippen LogP contribution in [0, 0.1) is 0 Å². The largest absolute Gasteiger partial charge is 0.343 e. The second-order valence-electron chi connectivity index (χ2n) is 6.86. The number of aromatic nitrogens is 3. The Kier molecular flexibility index (Phi) is 4.14. The first kappa shape index (κ1) is 16.8. The summed E-state index contributed by atoms with van der Waals surface area (Å²) >= 11 is 7.96. The first-order valence-electron chi connectivity index (χ1n) is 9.17. The number of hydrogen-bond donors (Lipinski definition) is 1. The van der Waals surface area contributed by atoms with Crippen molar-refractivity contribution in [2.24, 2.45) is 0 Å². The van der Waals surface area contributed by atoms with E-state index in [1.807, 2.05) is 18.2 Å². The summed E-state index contributed by atoms with van der Waals surface area (Å²) in [5.74, 6) is 0.